The van der Waals surface area contributed by atoms with Gasteiger partial charge in [-0.1, -0.05) is 13.8 Å². The van der Waals surface area contributed by atoms with Crippen LogP contribution in [0.4, 0.5) is 5.82 Å². The average molecular weight is 261 g/mol. The summed E-state index contributed by atoms with van der Waals surface area (Å²) < 4.78 is 1.77. The number of hydrogen-bond donors (Lipinski definition) is 2. The number of aromatic nitrogens is 4. The first-order chi connectivity index (χ1) is 8.95. The molecule has 0 aromatic carbocycles. The molecular formula is C13H19N5O. The van der Waals surface area contributed by atoms with Gasteiger partial charge in [-0.15, -0.1) is 0 Å². The van der Waals surface area contributed by atoms with E-state index in [1.165, 1.54) is 6.07 Å². The first kappa shape index (κ1) is 13.3. The van der Waals surface area contributed by atoms with Gasteiger partial charge in [0.25, 0.3) is 5.56 Å². The van der Waals surface area contributed by atoms with Crippen molar-refractivity contribution in [2.24, 2.45) is 7.05 Å². The van der Waals surface area contributed by atoms with Crippen molar-refractivity contribution in [3.63, 3.8) is 0 Å². The van der Waals surface area contributed by atoms with Gasteiger partial charge in [0.2, 0.25) is 0 Å². The van der Waals surface area contributed by atoms with Gasteiger partial charge in [0, 0.05) is 37.3 Å². The van der Waals surface area contributed by atoms with Crippen molar-refractivity contribution in [1.82, 2.24) is 19.7 Å². The van der Waals surface area contributed by atoms with Crippen molar-refractivity contribution in [2.75, 3.05) is 5.32 Å². The van der Waals surface area contributed by atoms with E-state index in [4.69, 9.17) is 0 Å². The largest absolute Gasteiger partial charge is 0.366 e. The zero-order chi connectivity index (χ0) is 14.0. The van der Waals surface area contributed by atoms with Crippen LogP contribution in [0, 0.1) is 6.92 Å². The van der Waals surface area contributed by atoms with Crippen LogP contribution >= 0.6 is 0 Å². The fourth-order valence-corrected chi connectivity index (χ4v) is 1.85. The second-order valence-electron chi connectivity index (χ2n) is 4.94. The van der Waals surface area contributed by atoms with Crippen molar-refractivity contribution in [3.05, 3.63) is 39.7 Å². The van der Waals surface area contributed by atoms with Gasteiger partial charge < -0.3 is 10.3 Å². The Morgan fingerprint density at radius 1 is 1.47 bits per heavy atom. The lowest BCUT2D eigenvalue weighted by Crippen LogP contribution is -2.14. The molecule has 2 N–H and O–H groups in total. The van der Waals surface area contributed by atoms with Crippen LogP contribution in [0.15, 0.2) is 17.1 Å². The maximum absolute atomic E-state index is 11.5. The zero-order valence-electron chi connectivity index (χ0n) is 11.7. The van der Waals surface area contributed by atoms with Crippen LogP contribution in [0.25, 0.3) is 0 Å². The predicted molar refractivity (Wildman–Crippen MR) is 74.2 cm³/mol. The number of hydrogen-bond acceptors (Lipinski definition) is 4. The SMILES string of the molecule is Cc1nn(C)cc1CNc1cc(=O)[nH]c(C(C)C)n1. The highest BCUT2D eigenvalue weighted by Crippen LogP contribution is 2.11. The van der Waals surface area contributed by atoms with Gasteiger partial charge in [0.05, 0.1) is 5.69 Å². The van der Waals surface area contributed by atoms with Crippen molar-refractivity contribution >= 4 is 5.82 Å². The maximum atomic E-state index is 11.5. The lowest BCUT2D eigenvalue weighted by molar-refractivity contribution is 0.756. The molecule has 2 rings (SSSR count). The van der Waals surface area contributed by atoms with Crippen LogP contribution in [0.5, 0.6) is 0 Å². The predicted octanol–water partition coefficient (Wildman–Crippen LogP) is 1.55. The van der Waals surface area contributed by atoms with E-state index in [1.807, 2.05) is 34.0 Å². The molecule has 0 aliphatic rings. The molecule has 0 saturated heterocycles. The molecule has 2 aromatic rings. The van der Waals surface area contributed by atoms with Crippen molar-refractivity contribution in [2.45, 2.75) is 33.2 Å². The first-order valence-corrected chi connectivity index (χ1v) is 6.30. The van der Waals surface area contributed by atoms with Gasteiger partial charge in [-0.05, 0) is 6.92 Å². The standard InChI is InChI=1S/C13H19N5O/c1-8(2)13-15-11(5-12(19)16-13)14-6-10-7-18(4)17-9(10)3/h5,7-8H,6H2,1-4H3,(H2,14,15,16,19). The topological polar surface area (TPSA) is 75.6 Å². The van der Waals surface area contributed by atoms with Gasteiger partial charge in [-0.3, -0.25) is 9.48 Å². The van der Waals surface area contributed by atoms with E-state index < -0.39 is 0 Å². The number of aryl methyl sites for hydroxylation is 2. The van der Waals surface area contributed by atoms with E-state index >= 15 is 0 Å². The molecular weight excluding hydrogens is 242 g/mol. The Hall–Kier alpha value is -2.11. The monoisotopic (exact) mass is 261 g/mol. The lowest BCUT2D eigenvalue weighted by Gasteiger charge is -2.08. The third kappa shape index (κ3) is 3.21. The van der Waals surface area contributed by atoms with Crippen LogP contribution in [0.1, 0.15) is 36.8 Å². The molecule has 0 aliphatic heterocycles. The summed E-state index contributed by atoms with van der Waals surface area (Å²) in [6.45, 7) is 6.55. The Kier molecular flexibility index (Phi) is 3.69. The zero-order valence-corrected chi connectivity index (χ0v) is 11.7. The smallest absolute Gasteiger partial charge is 0.252 e. The molecule has 19 heavy (non-hydrogen) atoms. The summed E-state index contributed by atoms with van der Waals surface area (Å²) in [6, 6.07) is 1.47. The number of rotatable bonds is 4. The third-order valence-electron chi connectivity index (χ3n) is 2.88. The van der Waals surface area contributed by atoms with Crippen LogP contribution in [0.2, 0.25) is 0 Å². The fourth-order valence-electron chi connectivity index (χ4n) is 1.85. The number of nitrogens with one attached hydrogen (secondary N) is 2. The van der Waals surface area contributed by atoms with Crippen LogP contribution in [-0.4, -0.2) is 19.7 Å². The highest BCUT2D eigenvalue weighted by atomic mass is 16.1. The third-order valence-corrected chi connectivity index (χ3v) is 2.88. The molecule has 0 aliphatic carbocycles. The minimum atomic E-state index is -0.135. The quantitative estimate of drug-likeness (QED) is 0.875. The molecule has 0 amide bonds. The van der Waals surface area contributed by atoms with Gasteiger partial charge in [0.15, 0.2) is 0 Å². The molecule has 6 heteroatoms. The first-order valence-electron chi connectivity index (χ1n) is 6.30. The fraction of sp³-hybridized carbons (Fsp3) is 0.462. The lowest BCUT2D eigenvalue weighted by atomic mass is 10.2. The van der Waals surface area contributed by atoms with Crippen molar-refractivity contribution in [3.8, 4) is 0 Å². The summed E-state index contributed by atoms with van der Waals surface area (Å²) in [7, 11) is 1.89. The van der Waals surface area contributed by atoms with Gasteiger partial charge in [-0.2, -0.15) is 5.10 Å². The van der Waals surface area contributed by atoms with Gasteiger partial charge in [-0.25, -0.2) is 4.98 Å². The summed E-state index contributed by atoms with van der Waals surface area (Å²) >= 11 is 0. The molecule has 0 saturated carbocycles. The molecule has 2 heterocycles. The van der Waals surface area contributed by atoms with Crippen LogP contribution in [0.3, 0.4) is 0 Å². The summed E-state index contributed by atoms with van der Waals surface area (Å²) in [5.74, 6) is 1.48. The highest BCUT2D eigenvalue weighted by molar-refractivity contribution is 5.35. The van der Waals surface area contributed by atoms with Crippen LogP contribution < -0.4 is 10.9 Å². The molecule has 0 fully saturated rings. The van der Waals surface area contributed by atoms with E-state index in [2.05, 4.69) is 20.4 Å². The summed E-state index contributed by atoms with van der Waals surface area (Å²) in [6.07, 6.45) is 1.96. The number of aromatic amines is 1. The Morgan fingerprint density at radius 3 is 2.79 bits per heavy atom. The molecule has 2 aromatic heterocycles. The number of nitrogens with zero attached hydrogens (tertiary/aromatic N) is 3. The summed E-state index contributed by atoms with van der Waals surface area (Å²) in [5, 5.41) is 7.44. The molecule has 0 spiro atoms. The van der Waals surface area contributed by atoms with E-state index in [0.29, 0.717) is 18.2 Å². The van der Waals surface area contributed by atoms with Crippen molar-refractivity contribution in [1.29, 1.82) is 0 Å². The van der Waals surface area contributed by atoms with E-state index in [0.717, 1.165) is 11.3 Å². The van der Waals surface area contributed by atoms with Crippen LogP contribution in [-0.2, 0) is 13.6 Å². The van der Waals surface area contributed by atoms with E-state index in [9.17, 15) is 4.79 Å². The normalized spacial score (nSPS) is 11.0. The molecule has 102 valence electrons. The molecule has 0 radical (unpaired) electrons. The minimum absolute atomic E-state index is 0.135. The minimum Gasteiger partial charge on any atom is -0.366 e. The Morgan fingerprint density at radius 2 is 2.21 bits per heavy atom. The van der Waals surface area contributed by atoms with E-state index in [1.54, 1.807) is 4.68 Å². The molecule has 0 unspecified atom stereocenters. The van der Waals surface area contributed by atoms with E-state index in [-0.39, 0.29) is 11.5 Å². The molecule has 6 nitrogen and oxygen atoms in total. The number of anilines is 1. The maximum Gasteiger partial charge on any atom is 0.252 e. The Labute approximate surface area is 111 Å². The summed E-state index contributed by atoms with van der Waals surface area (Å²) in [4.78, 5) is 18.7. The average Bonchev–Trinajstić information content (AvgIpc) is 2.64. The van der Waals surface area contributed by atoms with Gasteiger partial charge in [0.1, 0.15) is 11.6 Å². The van der Waals surface area contributed by atoms with Gasteiger partial charge >= 0.3 is 0 Å². The molecule has 0 bridgehead atoms. The molecule has 0 atom stereocenters. The number of H-pyrrole nitrogens is 1. The second kappa shape index (κ2) is 5.26. The Bertz CT molecular complexity index is 626. The highest BCUT2D eigenvalue weighted by Gasteiger charge is 2.07. The Balaban J connectivity index is 2.15. The van der Waals surface area contributed by atoms with Crippen molar-refractivity contribution < 1.29 is 0 Å². The second-order valence-corrected chi connectivity index (χ2v) is 4.94. The summed E-state index contributed by atoms with van der Waals surface area (Å²) in [5.41, 5.74) is 1.93.